The van der Waals surface area contributed by atoms with Crippen molar-refractivity contribution in [3.63, 3.8) is 0 Å². The number of nitrogens with zero attached hydrogens (tertiary/aromatic N) is 1. The van der Waals surface area contributed by atoms with Gasteiger partial charge >= 0.3 is 0 Å². The number of ether oxygens (including phenoxy) is 1. The van der Waals surface area contributed by atoms with Crippen LogP contribution >= 0.6 is 0 Å². The Morgan fingerprint density at radius 2 is 2.25 bits per heavy atom. The van der Waals surface area contributed by atoms with Gasteiger partial charge in [0.2, 0.25) is 0 Å². The maximum Gasteiger partial charge on any atom is 0.272 e. The van der Waals surface area contributed by atoms with Gasteiger partial charge in [-0.2, -0.15) is 0 Å². The molecule has 0 aromatic heterocycles. The molecule has 0 spiro atoms. The summed E-state index contributed by atoms with van der Waals surface area (Å²) in [7, 11) is 0. The van der Waals surface area contributed by atoms with Gasteiger partial charge in [-0.05, 0) is 6.42 Å². The molecule has 0 unspecified atom stereocenters. The summed E-state index contributed by atoms with van der Waals surface area (Å²) in [6.07, 6.45) is 0.797. The molecule has 1 aromatic carbocycles. The zero-order valence-electron chi connectivity index (χ0n) is 8.83. The van der Waals surface area contributed by atoms with Crippen LogP contribution in [0.4, 0.5) is 5.69 Å². The molecule has 5 nitrogen and oxygen atoms in total. The molecular formula is C11H14N2O3. The van der Waals surface area contributed by atoms with E-state index in [0.717, 1.165) is 12.0 Å². The molecule has 2 rings (SSSR count). The van der Waals surface area contributed by atoms with Crippen molar-refractivity contribution in [2.45, 2.75) is 18.4 Å². The third-order valence-electron chi connectivity index (χ3n) is 2.92. The van der Waals surface area contributed by atoms with Crippen LogP contribution in [0.1, 0.15) is 17.9 Å². The maximum atomic E-state index is 10.9. The summed E-state index contributed by atoms with van der Waals surface area (Å²) >= 11 is 0. The van der Waals surface area contributed by atoms with E-state index in [1.807, 2.05) is 6.07 Å². The fourth-order valence-electron chi connectivity index (χ4n) is 2.09. The van der Waals surface area contributed by atoms with Gasteiger partial charge in [-0.15, -0.1) is 0 Å². The van der Waals surface area contributed by atoms with Gasteiger partial charge in [0.25, 0.3) is 5.69 Å². The molecule has 0 radical (unpaired) electrons. The molecule has 16 heavy (non-hydrogen) atoms. The van der Waals surface area contributed by atoms with Crippen LogP contribution in [0.15, 0.2) is 24.3 Å². The molecule has 1 aliphatic rings. The lowest BCUT2D eigenvalue weighted by molar-refractivity contribution is -0.385. The number of benzene rings is 1. The molecule has 2 N–H and O–H groups in total. The van der Waals surface area contributed by atoms with Crippen molar-refractivity contribution in [2.75, 3.05) is 13.2 Å². The highest BCUT2D eigenvalue weighted by Gasteiger charge is 2.30. The van der Waals surface area contributed by atoms with Gasteiger partial charge in [0.1, 0.15) is 0 Å². The molecule has 86 valence electrons. The van der Waals surface area contributed by atoms with Crippen molar-refractivity contribution in [1.29, 1.82) is 0 Å². The Morgan fingerprint density at radius 3 is 2.88 bits per heavy atom. The highest BCUT2D eigenvalue weighted by molar-refractivity contribution is 5.42. The first-order chi connectivity index (χ1) is 7.72. The summed E-state index contributed by atoms with van der Waals surface area (Å²) in [5.74, 6) is 0.0927. The van der Waals surface area contributed by atoms with Crippen molar-refractivity contribution >= 4 is 5.69 Å². The van der Waals surface area contributed by atoms with Gasteiger partial charge in [0.15, 0.2) is 0 Å². The lowest BCUT2D eigenvalue weighted by Crippen LogP contribution is -2.18. The summed E-state index contributed by atoms with van der Waals surface area (Å²) in [6.45, 7) is 0.990. The lowest BCUT2D eigenvalue weighted by Gasteiger charge is -2.08. The van der Waals surface area contributed by atoms with Crippen LogP contribution in [0.2, 0.25) is 0 Å². The summed E-state index contributed by atoms with van der Waals surface area (Å²) in [5, 5.41) is 10.9. The van der Waals surface area contributed by atoms with Crippen molar-refractivity contribution in [3.05, 3.63) is 39.9 Å². The molecule has 1 heterocycles. The Hall–Kier alpha value is -1.46. The summed E-state index contributed by atoms with van der Waals surface area (Å²) < 4.78 is 5.46. The molecule has 1 fully saturated rings. The van der Waals surface area contributed by atoms with Crippen molar-refractivity contribution in [3.8, 4) is 0 Å². The predicted molar refractivity (Wildman–Crippen MR) is 59.2 cm³/mol. The van der Waals surface area contributed by atoms with Crippen LogP contribution in [0.3, 0.4) is 0 Å². The smallest absolute Gasteiger partial charge is 0.272 e. The summed E-state index contributed by atoms with van der Waals surface area (Å²) in [4.78, 5) is 10.5. The Morgan fingerprint density at radius 1 is 1.50 bits per heavy atom. The minimum absolute atomic E-state index is 0.0322. The number of nitro groups is 1. The first kappa shape index (κ1) is 11.0. The maximum absolute atomic E-state index is 10.9. The number of nitrogens with two attached hydrogens (primary N) is 1. The number of para-hydroxylation sites is 1. The van der Waals surface area contributed by atoms with Crippen LogP contribution in [0, 0.1) is 10.1 Å². The van der Waals surface area contributed by atoms with E-state index >= 15 is 0 Å². The fraction of sp³-hybridized carbons (Fsp3) is 0.455. The molecule has 1 aromatic rings. The average Bonchev–Trinajstić information content (AvgIpc) is 2.77. The van der Waals surface area contributed by atoms with E-state index in [1.165, 1.54) is 6.07 Å². The molecule has 1 aliphatic heterocycles. The highest BCUT2D eigenvalue weighted by Crippen LogP contribution is 2.34. The predicted octanol–water partition coefficient (Wildman–Crippen LogP) is 1.43. The second-order valence-electron chi connectivity index (χ2n) is 3.94. The molecule has 0 amide bonds. The Kier molecular flexibility index (Phi) is 3.17. The van der Waals surface area contributed by atoms with E-state index in [4.69, 9.17) is 10.5 Å². The van der Waals surface area contributed by atoms with Gasteiger partial charge in [0, 0.05) is 24.1 Å². The second-order valence-corrected chi connectivity index (χ2v) is 3.94. The number of rotatable bonds is 3. The Bertz CT molecular complexity index is 395. The quantitative estimate of drug-likeness (QED) is 0.619. The Balaban J connectivity index is 2.24. The monoisotopic (exact) mass is 222 g/mol. The minimum Gasteiger partial charge on any atom is -0.376 e. The molecule has 2 atom stereocenters. The first-order valence-corrected chi connectivity index (χ1v) is 5.27. The lowest BCUT2D eigenvalue weighted by atomic mass is 9.95. The van der Waals surface area contributed by atoms with Gasteiger partial charge in [-0.25, -0.2) is 0 Å². The van der Waals surface area contributed by atoms with E-state index in [0.29, 0.717) is 13.2 Å². The van der Waals surface area contributed by atoms with Gasteiger partial charge in [-0.1, -0.05) is 18.2 Å². The standard InChI is InChI=1S/C11H14N2O3/c12-6-9-5-8(7-16-9)10-3-1-2-4-11(10)13(14)15/h1-4,8-9H,5-7,12H2/t8-,9-/m0/s1. The third-order valence-corrected chi connectivity index (χ3v) is 2.92. The van der Waals surface area contributed by atoms with Crippen LogP contribution in [-0.2, 0) is 4.74 Å². The third kappa shape index (κ3) is 2.05. The van der Waals surface area contributed by atoms with E-state index in [2.05, 4.69) is 0 Å². The van der Waals surface area contributed by atoms with Gasteiger partial charge < -0.3 is 10.5 Å². The van der Waals surface area contributed by atoms with Gasteiger partial charge in [-0.3, -0.25) is 10.1 Å². The molecule has 5 heteroatoms. The summed E-state index contributed by atoms with van der Waals surface area (Å²) in [5.41, 5.74) is 6.44. The van der Waals surface area contributed by atoms with E-state index < -0.39 is 0 Å². The van der Waals surface area contributed by atoms with Crippen molar-refractivity contribution < 1.29 is 9.66 Å². The van der Waals surface area contributed by atoms with Crippen LogP contribution in [0.25, 0.3) is 0 Å². The fourth-order valence-corrected chi connectivity index (χ4v) is 2.09. The molecule has 0 saturated carbocycles. The zero-order chi connectivity index (χ0) is 11.5. The van der Waals surface area contributed by atoms with Crippen LogP contribution in [-0.4, -0.2) is 24.2 Å². The molecule has 1 saturated heterocycles. The van der Waals surface area contributed by atoms with Crippen molar-refractivity contribution in [2.24, 2.45) is 5.73 Å². The highest BCUT2D eigenvalue weighted by atomic mass is 16.6. The topological polar surface area (TPSA) is 78.4 Å². The minimum atomic E-state index is -0.342. The zero-order valence-corrected chi connectivity index (χ0v) is 8.83. The van der Waals surface area contributed by atoms with Crippen LogP contribution < -0.4 is 5.73 Å². The molecular weight excluding hydrogens is 208 g/mol. The number of hydrogen-bond acceptors (Lipinski definition) is 4. The SMILES string of the molecule is NC[C@@H]1C[C@H](c2ccccc2[N+](=O)[O-])CO1. The largest absolute Gasteiger partial charge is 0.376 e. The Labute approximate surface area is 93.4 Å². The van der Waals surface area contributed by atoms with Gasteiger partial charge in [0.05, 0.1) is 17.6 Å². The van der Waals surface area contributed by atoms with Crippen LogP contribution in [0.5, 0.6) is 0 Å². The van der Waals surface area contributed by atoms with E-state index in [-0.39, 0.29) is 22.6 Å². The molecule has 0 aliphatic carbocycles. The van der Waals surface area contributed by atoms with E-state index in [9.17, 15) is 10.1 Å². The second kappa shape index (κ2) is 4.59. The summed E-state index contributed by atoms with van der Waals surface area (Å²) in [6, 6.07) is 6.83. The van der Waals surface area contributed by atoms with E-state index in [1.54, 1.807) is 12.1 Å². The first-order valence-electron chi connectivity index (χ1n) is 5.27. The molecule has 0 bridgehead atoms. The van der Waals surface area contributed by atoms with Crippen molar-refractivity contribution in [1.82, 2.24) is 0 Å². The number of hydrogen-bond donors (Lipinski definition) is 1. The number of nitro benzene ring substituents is 1. The average molecular weight is 222 g/mol. The normalized spacial score (nSPS) is 24.6.